The minimum absolute atomic E-state index is 0.0965. The largest absolute Gasteiger partial charge is 0.372 e. The van der Waals surface area contributed by atoms with Crippen molar-refractivity contribution in [1.29, 1.82) is 0 Å². The molecule has 0 fully saturated rings. The van der Waals surface area contributed by atoms with E-state index in [0.717, 1.165) is 0 Å². The van der Waals surface area contributed by atoms with Gasteiger partial charge in [0.2, 0.25) is 0 Å². The van der Waals surface area contributed by atoms with Crippen molar-refractivity contribution in [3.63, 3.8) is 0 Å². The van der Waals surface area contributed by atoms with Crippen LogP contribution in [-0.4, -0.2) is 25.3 Å². The van der Waals surface area contributed by atoms with E-state index in [-0.39, 0.29) is 9.64 Å². The number of nitrogens with zero attached hydrogens (tertiary/aromatic N) is 5. The Morgan fingerprint density at radius 1 is 1.78 bits per heavy atom. The van der Waals surface area contributed by atoms with Gasteiger partial charge in [-0.25, -0.2) is 0 Å². The highest BCUT2D eigenvalue weighted by Crippen LogP contribution is 1.94. The molecule has 0 radical (unpaired) electrons. The van der Waals surface area contributed by atoms with E-state index in [1.165, 1.54) is 0 Å². The maximum Gasteiger partial charge on any atom is 0.335 e. The summed E-state index contributed by atoms with van der Waals surface area (Å²) in [7, 11) is 0. The number of halogens is 1. The van der Waals surface area contributed by atoms with Crippen LogP contribution < -0.4 is 0 Å². The summed E-state index contributed by atoms with van der Waals surface area (Å²) in [5.74, 6) is 0. The molecule has 0 aromatic carbocycles. The van der Waals surface area contributed by atoms with Crippen LogP contribution in [0.2, 0.25) is 0 Å². The standard InChI is InChI=1S/CBrN5O2/c2-1-3-5-6(4-1)7(8)9. The van der Waals surface area contributed by atoms with Gasteiger partial charge >= 0.3 is 4.73 Å². The lowest BCUT2D eigenvalue weighted by molar-refractivity contribution is -0.564. The van der Waals surface area contributed by atoms with Crippen LogP contribution >= 0.6 is 15.9 Å². The summed E-state index contributed by atoms with van der Waals surface area (Å²) in [6, 6.07) is 0. The van der Waals surface area contributed by atoms with Crippen LogP contribution in [0.4, 0.5) is 0 Å². The average Bonchev–Trinajstić information content (AvgIpc) is 2.14. The minimum Gasteiger partial charge on any atom is -0.372 e. The lowest BCUT2D eigenvalue weighted by Gasteiger charge is -1.83. The van der Waals surface area contributed by atoms with Crippen molar-refractivity contribution in [2.75, 3.05) is 0 Å². The van der Waals surface area contributed by atoms with Crippen molar-refractivity contribution >= 4 is 15.9 Å². The maximum atomic E-state index is 9.80. The normalized spacial score (nSPS) is 9.44. The van der Waals surface area contributed by atoms with E-state index in [2.05, 4.69) is 31.3 Å². The fourth-order valence-corrected chi connectivity index (χ4v) is 0.473. The average molecular weight is 194 g/mol. The minimum atomic E-state index is -0.794. The van der Waals surface area contributed by atoms with E-state index >= 15 is 0 Å². The fourth-order valence-electron chi connectivity index (χ4n) is 0.260. The molecule has 1 heterocycles. The monoisotopic (exact) mass is 193 g/mol. The molecule has 0 aliphatic rings. The van der Waals surface area contributed by atoms with Gasteiger partial charge in [-0.2, -0.15) is 0 Å². The highest BCUT2D eigenvalue weighted by atomic mass is 79.9. The Morgan fingerprint density at radius 3 is 2.67 bits per heavy atom. The van der Waals surface area contributed by atoms with Crippen LogP contribution in [0.15, 0.2) is 4.73 Å². The molecule has 48 valence electrons. The summed E-state index contributed by atoms with van der Waals surface area (Å²) < 4.78 is 0.0965. The third-order valence-electron chi connectivity index (χ3n) is 0.525. The zero-order valence-electron chi connectivity index (χ0n) is 3.93. The predicted octanol–water partition coefficient (Wildman–Crippen LogP) is -0.525. The van der Waals surface area contributed by atoms with E-state index < -0.39 is 5.03 Å². The molecular formula is CBrN5O2. The van der Waals surface area contributed by atoms with Gasteiger partial charge in [0, 0.05) is 21.0 Å². The van der Waals surface area contributed by atoms with Gasteiger partial charge < -0.3 is 10.1 Å². The highest BCUT2D eigenvalue weighted by Gasteiger charge is 2.07. The Balaban J connectivity index is 2.98. The molecule has 0 saturated heterocycles. The number of aromatic nitrogens is 4. The molecule has 0 amide bonds. The van der Waals surface area contributed by atoms with Crippen LogP contribution in [0, 0.1) is 10.1 Å². The highest BCUT2D eigenvalue weighted by molar-refractivity contribution is 9.10. The van der Waals surface area contributed by atoms with Gasteiger partial charge in [-0.05, 0) is 5.10 Å². The van der Waals surface area contributed by atoms with Crippen molar-refractivity contribution in [2.45, 2.75) is 0 Å². The van der Waals surface area contributed by atoms with Gasteiger partial charge in [0.15, 0.2) is 4.91 Å². The van der Waals surface area contributed by atoms with Crippen molar-refractivity contribution < 1.29 is 5.03 Å². The number of hydrogen-bond donors (Lipinski definition) is 0. The molecule has 1 aromatic heterocycles. The molecule has 0 N–H and O–H groups in total. The first kappa shape index (κ1) is 6.08. The molecule has 7 nitrogen and oxygen atoms in total. The Kier molecular flexibility index (Phi) is 1.39. The lowest BCUT2D eigenvalue weighted by atomic mass is 11.4. The van der Waals surface area contributed by atoms with Crippen LogP contribution in [0.1, 0.15) is 0 Å². The maximum absolute atomic E-state index is 9.80. The number of tetrazole rings is 1. The molecular weight excluding hydrogens is 194 g/mol. The second-order valence-electron chi connectivity index (χ2n) is 1.06. The number of rotatable bonds is 1. The second kappa shape index (κ2) is 2.05. The molecule has 8 heteroatoms. The second-order valence-corrected chi connectivity index (χ2v) is 1.77. The summed E-state index contributed by atoms with van der Waals surface area (Å²) in [4.78, 5) is 10.1. The molecule has 0 atom stereocenters. The van der Waals surface area contributed by atoms with Crippen LogP contribution in [0.5, 0.6) is 0 Å². The summed E-state index contributed by atoms with van der Waals surface area (Å²) in [5.41, 5.74) is 0. The Hall–Kier alpha value is -1.05. The lowest BCUT2D eigenvalue weighted by Crippen LogP contribution is -2.11. The van der Waals surface area contributed by atoms with Crippen LogP contribution in [0.3, 0.4) is 0 Å². The van der Waals surface area contributed by atoms with Gasteiger partial charge in [0.05, 0.1) is 5.10 Å². The molecule has 0 saturated carbocycles. The third-order valence-corrected chi connectivity index (χ3v) is 0.842. The number of hydrogen-bond acceptors (Lipinski definition) is 5. The molecule has 0 unspecified atom stereocenters. The van der Waals surface area contributed by atoms with Crippen molar-refractivity contribution in [3.05, 3.63) is 14.8 Å². The molecule has 1 rings (SSSR count). The number of nitro groups is 1. The van der Waals surface area contributed by atoms with Gasteiger partial charge in [-0.1, -0.05) is 0 Å². The summed E-state index contributed by atoms with van der Waals surface area (Å²) in [6.07, 6.45) is 0. The zero-order chi connectivity index (χ0) is 6.85. The van der Waals surface area contributed by atoms with Crippen LogP contribution in [0.25, 0.3) is 0 Å². The van der Waals surface area contributed by atoms with Crippen LogP contribution in [-0.2, 0) is 0 Å². The Bertz CT molecular complexity index is 231. The van der Waals surface area contributed by atoms with Gasteiger partial charge in [0.1, 0.15) is 5.21 Å². The van der Waals surface area contributed by atoms with Crippen molar-refractivity contribution in [1.82, 2.24) is 20.3 Å². The SMILES string of the molecule is O=[N+]([O-])n1nnc(Br)n1. The van der Waals surface area contributed by atoms with Gasteiger partial charge in [-0.3, -0.25) is 0 Å². The van der Waals surface area contributed by atoms with Gasteiger partial charge in [0.25, 0.3) is 0 Å². The Labute approximate surface area is 56.9 Å². The topological polar surface area (TPSA) is 86.7 Å². The first-order valence-corrected chi connectivity index (χ1v) is 2.59. The molecule has 0 aliphatic carbocycles. The van der Waals surface area contributed by atoms with E-state index in [1.807, 2.05) is 0 Å². The third kappa shape index (κ3) is 1.19. The van der Waals surface area contributed by atoms with E-state index in [0.29, 0.717) is 0 Å². The quantitative estimate of drug-likeness (QED) is 0.443. The summed E-state index contributed by atoms with van der Waals surface area (Å²) in [6.45, 7) is 0. The molecule has 0 spiro atoms. The first-order chi connectivity index (χ1) is 4.20. The van der Waals surface area contributed by atoms with E-state index in [1.54, 1.807) is 0 Å². The summed E-state index contributed by atoms with van der Waals surface area (Å²) in [5, 5.41) is 18.5. The predicted molar refractivity (Wildman–Crippen MR) is 27.9 cm³/mol. The van der Waals surface area contributed by atoms with E-state index in [4.69, 9.17) is 0 Å². The van der Waals surface area contributed by atoms with Crippen molar-refractivity contribution in [2.24, 2.45) is 0 Å². The zero-order valence-corrected chi connectivity index (χ0v) is 5.52. The molecule has 1 aromatic rings. The fraction of sp³-hybridized carbons (Fsp3) is 0. The van der Waals surface area contributed by atoms with Crippen molar-refractivity contribution in [3.8, 4) is 0 Å². The molecule has 0 aliphatic heterocycles. The smallest absolute Gasteiger partial charge is 0.335 e. The molecule has 9 heavy (non-hydrogen) atoms. The van der Waals surface area contributed by atoms with Gasteiger partial charge in [-0.15, -0.1) is 0 Å². The van der Waals surface area contributed by atoms with E-state index in [9.17, 15) is 10.1 Å². The summed E-state index contributed by atoms with van der Waals surface area (Å²) >= 11 is 2.79. The first-order valence-electron chi connectivity index (χ1n) is 1.80. The Morgan fingerprint density at radius 2 is 2.44 bits per heavy atom. The molecule has 0 bridgehead atoms.